The highest BCUT2D eigenvalue weighted by Crippen LogP contribution is 2.14. The number of halogens is 1. The number of nitrogens with zero attached hydrogens (tertiary/aromatic N) is 2. The molecule has 5 heteroatoms. The molecule has 0 atom stereocenters. The van der Waals surface area contributed by atoms with Crippen molar-refractivity contribution in [3.63, 3.8) is 0 Å². The zero-order chi connectivity index (χ0) is 15.4. The molecule has 2 rings (SSSR count). The average Bonchev–Trinajstić information content (AvgIpc) is 2.71. The summed E-state index contributed by atoms with van der Waals surface area (Å²) < 4.78 is 13.9. The molecule has 4 nitrogen and oxygen atoms in total. The molecule has 1 aliphatic heterocycles. The van der Waals surface area contributed by atoms with Crippen molar-refractivity contribution in [2.24, 2.45) is 0 Å². The van der Waals surface area contributed by atoms with Gasteiger partial charge in [0.1, 0.15) is 5.82 Å². The van der Waals surface area contributed by atoms with E-state index >= 15 is 0 Å². The normalized spacial score (nSPS) is 15.8. The highest BCUT2D eigenvalue weighted by molar-refractivity contribution is 5.94. The van der Waals surface area contributed by atoms with Gasteiger partial charge in [-0.05, 0) is 31.0 Å². The van der Waals surface area contributed by atoms with Gasteiger partial charge in [-0.3, -0.25) is 9.59 Å². The number of benzene rings is 1. The summed E-state index contributed by atoms with van der Waals surface area (Å²) in [5.41, 5.74) is 0.899. The van der Waals surface area contributed by atoms with E-state index in [1.54, 1.807) is 22.8 Å². The van der Waals surface area contributed by atoms with Crippen molar-refractivity contribution in [2.75, 3.05) is 26.2 Å². The van der Waals surface area contributed by atoms with Crippen LogP contribution in [0.1, 0.15) is 35.7 Å². The summed E-state index contributed by atoms with van der Waals surface area (Å²) in [6.07, 6.45) is 1.20. The summed E-state index contributed by atoms with van der Waals surface area (Å²) in [4.78, 5) is 27.5. The van der Waals surface area contributed by atoms with E-state index in [0.29, 0.717) is 32.6 Å². The van der Waals surface area contributed by atoms with Gasteiger partial charge in [-0.25, -0.2) is 4.39 Å². The lowest BCUT2D eigenvalue weighted by Gasteiger charge is -2.22. The molecule has 21 heavy (non-hydrogen) atoms. The highest BCUT2D eigenvalue weighted by Gasteiger charge is 2.23. The first-order chi connectivity index (χ1) is 10.0. The number of carbonyl (C=O) groups excluding carboxylic acids is 2. The van der Waals surface area contributed by atoms with Crippen molar-refractivity contribution in [2.45, 2.75) is 26.7 Å². The molecule has 0 spiro atoms. The average molecular weight is 292 g/mol. The first kappa shape index (κ1) is 15.5. The summed E-state index contributed by atoms with van der Waals surface area (Å²) in [5, 5.41) is 0. The van der Waals surface area contributed by atoms with Gasteiger partial charge in [-0.2, -0.15) is 0 Å². The van der Waals surface area contributed by atoms with Crippen molar-refractivity contribution >= 4 is 11.8 Å². The Morgan fingerprint density at radius 1 is 1.14 bits per heavy atom. The molecule has 1 heterocycles. The molecule has 1 aromatic carbocycles. The third-order valence-corrected chi connectivity index (χ3v) is 3.79. The summed E-state index contributed by atoms with van der Waals surface area (Å²) in [5.74, 6) is -0.671. The van der Waals surface area contributed by atoms with E-state index in [1.807, 2.05) is 6.92 Å². The Morgan fingerprint density at radius 2 is 1.81 bits per heavy atom. The Hall–Kier alpha value is -1.91. The van der Waals surface area contributed by atoms with Crippen molar-refractivity contribution < 1.29 is 14.0 Å². The van der Waals surface area contributed by atoms with E-state index < -0.39 is 5.82 Å². The third-order valence-electron chi connectivity index (χ3n) is 3.79. The standard InChI is InChI=1S/C16H21FN2O2/c1-3-15(20)18-7-4-8-19(10-9-18)16(21)13-6-5-12(2)11-14(13)17/h5-6,11H,3-4,7-10H2,1-2H3. The lowest BCUT2D eigenvalue weighted by molar-refractivity contribution is -0.130. The van der Waals surface area contributed by atoms with E-state index in [4.69, 9.17) is 0 Å². The molecular weight excluding hydrogens is 271 g/mol. The van der Waals surface area contributed by atoms with Crippen LogP contribution in [-0.2, 0) is 4.79 Å². The maximum absolute atomic E-state index is 13.9. The fraction of sp³-hybridized carbons (Fsp3) is 0.500. The summed E-state index contributed by atoms with van der Waals surface area (Å²) in [7, 11) is 0. The maximum atomic E-state index is 13.9. The molecule has 1 aliphatic rings. The molecule has 1 saturated heterocycles. The molecule has 0 aliphatic carbocycles. The second-order valence-corrected chi connectivity index (χ2v) is 5.36. The van der Waals surface area contributed by atoms with Gasteiger partial charge in [0.2, 0.25) is 5.91 Å². The number of hydrogen-bond donors (Lipinski definition) is 0. The zero-order valence-electron chi connectivity index (χ0n) is 12.6. The molecular formula is C16H21FN2O2. The molecule has 2 amide bonds. The molecule has 0 radical (unpaired) electrons. The largest absolute Gasteiger partial charge is 0.341 e. The number of rotatable bonds is 2. The lowest BCUT2D eigenvalue weighted by Crippen LogP contribution is -2.37. The van der Waals surface area contributed by atoms with Crippen molar-refractivity contribution in [3.05, 3.63) is 35.1 Å². The van der Waals surface area contributed by atoms with Crippen molar-refractivity contribution in [1.82, 2.24) is 9.80 Å². The van der Waals surface area contributed by atoms with E-state index in [-0.39, 0.29) is 17.4 Å². The molecule has 1 fully saturated rings. The van der Waals surface area contributed by atoms with Crippen molar-refractivity contribution in [3.8, 4) is 0 Å². The van der Waals surface area contributed by atoms with Gasteiger partial charge >= 0.3 is 0 Å². The second-order valence-electron chi connectivity index (χ2n) is 5.36. The van der Waals surface area contributed by atoms with E-state index in [1.165, 1.54) is 12.1 Å². The minimum atomic E-state index is -0.481. The number of amides is 2. The Kier molecular flexibility index (Phi) is 4.94. The van der Waals surface area contributed by atoms with Crippen LogP contribution in [0.4, 0.5) is 4.39 Å². The topological polar surface area (TPSA) is 40.6 Å². The minimum Gasteiger partial charge on any atom is -0.341 e. The van der Waals surface area contributed by atoms with Gasteiger partial charge in [0.15, 0.2) is 0 Å². The van der Waals surface area contributed by atoms with E-state index in [2.05, 4.69) is 0 Å². The summed E-state index contributed by atoms with van der Waals surface area (Å²) in [6, 6.07) is 4.64. The van der Waals surface area contributed by atoms with Crippen LogP contribution in [-0.4, -0.2) is 47.8 Å². The fourth-order valence-electron chi connectivity index (χ4n) is 2.56. The first-order valence-corrected chi connectivity index (χ1v) is 7.36. The Morgan fingerprint density at radius 3 is 2.48 bits per heavy atom. The van der Waals surface area contributed by atoms with Crippen LogP contribution in [0.25, 0.3) is 0 Å². The van der Waals surface area contributed by atoms with Crippen LogP contribution >= 0.6 is 0 Å². The van der Waals surface area contributed by atoms with Crippen LogP contribution in [0.15, 0.2) is 18.2 Å². The predicted molar refractivity (Wildman–Crippen MR) is 78.5 cm³/mol. The van der Waals surface area contributed by atoms with Gasteiger partial charge < -0.3 is 9.80 Å². The third kappa shape index (κ3) is 3.60. The Labute approximate surface area is 124 Å². The molecule has 0 unspecified atom stereocenters. The van der Waals surface area contributed by atoms with Crippen LogP contribution in [0.2, 0.25) is 0 Å². The van der Waals surface area contributed by atoms with E-state index in [9.17, 15) is 14.0 Å². The monoisotopic (exact) mass is 292 g/mol. The van der Waals surface area contributed by atoms with Crippen molar-refractivity contribution in [1.29, 1.82) is 0 Å². The SMILES string of the molecule is CCC(=O)N1CCCN(C(=O)c2ccc(C)cc2F)CC1. The minimum absolute atomic E-state index is 0.103. The molecule has 0 saturated carbocycles. The number of aryl methyl sites for hydroxylation is 1. The molecule has 0 N–H and O–H groups in total. The molecule has 114 valence electrons. The zero-order valence-corrected chi connectivity index (χ0v) is 12.6. The molecule has 0 bridgehead atoms. The molecule has 0 aromatic heterocycles. The van der Waals surface area contributed by atoms with Crippen LogP contribution in [0, 0.1) is 12.7 Å². The van der Waals surface area contributed by atoms with Crippen LogP contribution in [0.3, 0.4) is 0 Å². The molecule has 1 aromatic rings. The van der Waals surface area contributed by atoms with Gasteiger partial charge in [-0.15, -0.1) is 0 Å². The van der Waals surface area contributed by atoms with E-state index in [0.717, 1.165) is 12.0 Å². The predicted octanol–water partition coefficient (Wildman–Crippen LogP) is 2.22. The summed E-state index contributed by atoms with van der Waals surface area (Å²) >= 11 is 0. The Bertz CT molecular complexity index is 545. The second kappa shape index (κ2) is 6.70. The van der Waals surface area contributed by atoms with Gasteiger partial charge in [0.25, 0.3) is 5.91 Å². The van der Waals surface area contributed by atoms with Gasteiger partial charge in [-0.1, -0.05) is 13.0 Å². The number of hydrogen-bond acceptors (Lipinski definition) is 2. The number of carbonyl (C=O) groups is 2. The van der Waals surface area contributed by atoms with Gasteiger partial charge in [0.05, 0.1) is 5.56 Å². The Balaban J connectivity index is 2.08. The first-order valence-electron chi connectivity index (χ1n) is 7.36. The smallest absolute Gasteiger partial charge is 0.256 e. The summed E-state index contributed by atoms with van der Waals surface area (Å²) in [6.45, 7) is 5.81. The fourth-order valence-corrected chi connectivity index (χ4v) is 2.56. The lowest BCUT2D eigenvalue weighted by atomic mass is 10.1. The van der Waals surface area contributed by atoms with Crippen LogP contribution in [0.5, 0.6) is 0 Å². The highest BCUT2D eigenvalue weighted by atomic mass is 19.1. The quantitative estimate of drug-likeness (QED) is 0.838. The maximum Gasteiger partial charge on any atom is 0.256 e. The van der Waals surface area contributed by atoms with Crippen LogP contribution < -0.4 is 0 Å². The van der Waals surface area contributed by atoms with Gasteiger partial charge in [0, 0.05) is 32.6 Å².